The monoisotopic (exact) mass is 316 g/mol. The predicted molar refractivity (Wildman–Crippen MR) is 78.8 cm³/mol. The third kappa shape index (κ3) is 3.31. The molecule has 0 radical (unpaired) electrons. The van der Waals surface area contributed by atoms with Crippen LogP contribution in [0.5, 0.6) is 11.5 Å². The van der Waals surface area contributed by atoms with E-state index in [2.05, 4.69) is 5.32 Å². The molecule has 0 aliphatic carbocycles. The lowest BCUT2D eigenvalue weighted by atomic mass is 10.1. The summed E-state index contributed by atoms with van der Waals surface area (Å²) in [6.45, 7) is 0.253. The molecule has 118 valence electrons. The van der Waals surface area contributed by atoms with E-state index in [-0.39, 0.29) is 24.6 Å². The summed E-state index contributed by atoms with van der Waals surface area (Å²) in [5.74, 6) is 0.941. The minimum atomic E-state index is -0.539. The number of carbonyl (C=O) groups is 1. The normalized spacial score (nSPS) is 12.5. The number of hydrogen-bond acceptors (Lipinski definition) is 6. The fourth-order valence-electron chi connectivity index (χ4n) is 2.05. The molecule has 8 nitrogen and oxygen atoms in total. The number of hydrogen-bond donors (Lipinski definition) is 1. The van der Waals surface area contributed by atoms with E-state index in [4.69, 9.17) is 13.9 Å². The lowest BCUT2D eigenvalue weighted by Gasteiger charge is -2.01. The third-order valence-corrected chi connectivity index (χ3v) is 3.15. The highest BCUT2D eigenvalue weighted by Crippen LogP contribution is 2.38. The first-order valence-corrected chi connectivity index (χ1v) is 6.70. The van der Waals surface area contributed by atoms with Crippen molar-refractivity contribution in [3.05, 3.63) is 58.0 Å². The van der Waals surface area contributed by atoms with Crippen molar-refractivity contribution < 1.29 is 23.6 Å². The molecule has 0 bridgehead atoms. The number of nitrogens with one attached hydrogen (secondary N) is 1. The van der Waals surface area contributed by atoms with Gasteiger partial charge in [0.05, 0.1) is 29.4 Å². The Labute approximate surface area is 130 Å². The molecule has 1 aromatic heterocycles. The number of nitro benzene ring substituents is 1. The van der Waals surface area contributed by atoms with Gasteiger partial charge in [-0.2, -0.15) is 0 Å². The lowest BCUT2D eigenvalue weighted by Crippen LogP contribution is -2.19. The van der Waals surface area contributed by atoms with E-state index < -0.39 is 10.8 Å². The van der Waals surface area contributed by atoms with Gasteiger partial charge in [-0.3, -0.25) is 14.9 Å². The van der Waals surface area contributed by atoms with E-state index in [0.717, 1.165) is 0 Å². The number of nitrogens with zero attached hydrogens (tertiary/aromatic N) is 1. The Bertz CT molecular complexity index is 767. The maximum absolute atomic E-state index is 11.8. The van der Waals surface area contributed by atoms with Gasteiger partial charge in [-0.1, -0.05) is 0 Å². The minimum absolute atomic E-state index is 0.0172. The van der Waals surface area contributed by atoms with Gasteiger partial charge in [0.25, 0.3) is 5.69 Å². The van der Waals surface area contributed by atoms with Crippen LogP contribution >= 0.6 is 0 Å². The summed E-state index contributed by atoms with van der Waals surface area (Å²) < 4.78 is 15.4. The second kappa shape index (κ2) is 6.22. The first kappa shape index (κ1) is 14.6. The summed E-state index contributed by atoms with van der Waals surface area (Å²) in [5, 5.41) is 13.7. The topological polar surface area (TPSA) is 104 Å². The Kier molecular flexibility index (Phi) is 3.96. The average Bonchev–Trinajstić information content (AvgIpc) is 3.20. The van der Waals surface area contributed by atoms with Crippen LogP contribution < -0.4 is 14.8 Å². The summed E-state index contributed by atoms with van der Waals surface area (Å²) in [7, 11) is 0. The highest BCUT2D eigenvalue weighted by Gasteiger charge is 2.22. The third-order valence-electron chi connectivity index (χ3n) is 3.15. The summed E-state index contributed by atoms with van der Waals surface area (Å²) in [5.41, 5.74) is 0.0942. The molecule has 8 heteroatoms. The molecule has 2 heterocycles. The van der Waals surface area contributed by atoms with Crippen molar-refractivity contribution in [2.24, 2.45) is 0 Å². The van der Waals surface area contributed by atoms with Crippen molar-refractivity contribution in [2.45, 2.75) is 6.54 Å². The van der Waals surface area contributed by atoms with Gasteiger partial charge >= 0.3 is 0 Å². The zero-order valence-corrected chi connectivity index (χ0v) is 11.9. The molecule has 1 N–H and O–H groups in total. The Morgan fingerprint density at radius 3 is 2.83 bits per heavy atom. The summed E-state index contributed by atoms with van der Waals surface area (Å²) in [4.78, 5) is 22.3. The lowest BCUT2D eigenvalue weighted by molar-refractivity contribution is -0.385. The fourth-order valence-corrected chi connectivity index (χ4v) is 2.05. The van der Waals surface area contributed by atoms with Gasteiger partial charge in [-0.25, -0.2) is 0 Å². The van der Waals surface area contributed by atoms with Crippen LogP contribution in [-0.2, 0) is 11.3 Å². The number of carbonyl (C=O) groups excluding carboxylic acids is 1. The van der Waals surface area contributed by atoms with E-state index in [1.807, 2.05) is 0 Å². The average molecular weight is 316 g/mol. The van der Waals surface area contributed by atoms with Crippen LogP contribution in [0.4, 0.5) is 5.69 Å². The Morgan fingerprint density at radius 1 is 1.35 bits per heavy atom. The number of rotatable bonds is 5. The molecular weight excluding hydrogens is 304 g/mol. The predicted octanol–water partition coefficient (Wildman–Crippen LogP) is 2.25. The SMILES string of the molecule is O=C(/C=C/c1cc2c(cc1[N+](=O)[O-])OCO2)NCc1ccco1. The summed E-state index contributed by atoms with van der Waals surface area (Å²) in [6, 6.07) is 6.19. The molecule has 23 heavy (non-hydrogen) atoms. The molecule has 1 aliphatic heterocycles. The van der Waals surface area contributed by atoms with Crippen molar-refractivity contribution in [1.82, 2.24) is 5.32 Å². The smallest absolute Gasteiger partial charge is 0.280 e. The van der Waals surface area contributed by atoms with Crippen LogP contribution in [0, 0.1) is 10.1 Å². The standard InChI is InChI=1S/C15H12N2O6/c18-15(16-8-11-2-1-5-21-11)4-3-10-6-13-14(23-9-22-13)7-12(10)17(19)20/h1-7H,8-9H2,(H,16,18)/b4-3+. The molecule has 0 fully saturated rings. The van der Waals surface area contributed by atoms with Gasteiger partial charge in [0.2, 0.25) is 12.7 Å². The van der Waals surface area contributed by atoms with Crippen LogP contribution in [0.3, 0.4) is 0 Å². The summed E-state index contributed by atoms with van der Waals surface area (Å²) >= 11 is 0. The van der Waals surface area contributed by atoms with Crippen LogP contribution in [-0.4, -0.2) is 17.6 Å². The minimum Gasteiger partial charge on any atom is -0.467 e. The zero-order chi connectivity index (χ0) is 16.2. The molecule has 0 unspecified atom stereocenters. The quantitative estimate of drug-likeness (QED) is 0.515. The number of fused-ring (bicyclic) bond motifs is 1. The fraction of sp³-hybridized carbons (Fsp3) is 0.133. The van der Waals surface area contributed by atoms with E-state index in [1.54, 1.807) is 12.1 Å². The molecule has 1 aliphatic rings. The molecule has 1 amide bonds. The van der Waals surface area contributed by atoms with Gasteiger partial charge < -0.3 is 19.2 Å². The first-order chi connectivity index (χ1) is 11.1. The molecule has 0 saturated carbocycles. The number of benzene rings is 1. The Balaban J connectivity index is 1.73. The molecule has 0 saturated heterocycles. The molecule has 2 aromatic rings. The molecule has 0 atom stereocenters. The second-order valence-corrected chi connectivity index (χ2v) is 4.65. The van der Waals surface area contributed by atoms with Gasteiger partial charge in [0.1, 0.15) is 5.76 Å². The van der Waals surface area contributed by atoms with E-state index in [1.165, 1.54) is 30.5 Å². The maximum Gasteiger partial charge on any atom is 0.280 e. The van der Waals surface area contributed by atoms with Crippen LogP contribution in [0.25, 0.3) is 6.08 Å². The summed E-state index contributed by atoms with van der Waals surface area (Å²) in [6.07, 6.45) is 4.08. The van der Waals surface area contributed by atoms with Crippen LogP contribution in [0.15, 0.2) is 41.0 Å². The van der Waals surface area contributed by atoms with E-state index in [0.29, 0.717) is 17.3 Å². The van der Waals surface area contributed by atoms with E-state index >= 15 is 0 Å². The van der Waals surface area contributed by atoms with Crippen molar-refractivity contribution in [3.63, 3.8) is 0 Å². The van der Waals surface area contributed by atoms with Gasteiger partial charge in [0, 0.05) is 6.08 Å². The molecule has 0 spiro atoms. The molecule has 1 aromatic carbocycles. The zero-order valence-electron chi connectivity index (χ0n) is 11.9. The Hall–Kier alpha value is -3.29. The molecule has 3 rings (SSSR count). The number of amides is 1. The van der Waals surface area contributed by atoms with E-state index in [9.17, 15) is 14.9 Å². The second-order valence-electron chi connectivity index (χ2n) is 4.65. The van der Waals surface area contributed by atoms with Crippen LogP contribution in [0.1, 0.15) is 11.3 Å². The van der Waals surface area contributed by atoms with Crippen molar-refractivity contribution in [3.8, 4) is 11.5 Å². The van der Waals surface area contributed by atoms with Gasteiger partial charge in [0.15, 0.2) is 11.5 Å². The number of furan rings is 1. The Morgan fingerprint density at radius 2 is 2.13 bits per heavy atom. The number of nitro groups is 1. The van der Waals surface area contributed by atoms with Crippen molar-refractivity contribution in [1.29, 1.82) is 0 Å². The number of ether oxygens (including phenoxy) is 2. The highest BCUT2D eigenvalue weighted by molar-refractivity contribution is 5.92. The van der Waals surface area contributed by atoms with Crippen LogP contribution in [0.2, 0.25) is 0 Å². The maximum atomic E-state index is 11.8. The first-order valence-electron chi connectivity index (χ1n) is 6.70. The van der Waals surface area contributed by atoms with Crippen molar-refractivity contribution >= 4 is 17.7 Å². The highest BCUT2D eigenvalue weighted by atomic mass is 16.7. The largest absolute Gasteiger partial charge is 0.467 e. The van der Waals surface area contributed by atoms with Crippen molar-refractivity contribution in [2.75, 3.05) is 6.79 Å². The molecular formula is C15H12N2O6. The van der Waals surface area contributed by atoms with Gasteiger partial charge in [-0.05, 0) is 24.3 Å². The van der Waals surface area contributed by atoms with Gasteiger partial charge in [-0.15, -0.1) is 0 Å².